The van der Waals surface area contributed by atoms with Gasteiger partial charge in [-0.3, -0.25) is 10.2 Å². The van der Waals surface area contributed by atoms with E-state index < -0.39 is 18.4 Å². The van der Waals surface area contributed by atoms with Gasteiger partial charge in [-0.15, -0.1) is 4.91 Å². The van der Waals surface area contributed by atoms with Crippen LogP contribution in [0.2, 0.25) is 0 Å². The van der Waals surface area contributed by atoms with Crippen molar-refractivity contribution in [3.8, 4) is 0 Å². The van der Waals surface area contributed by atoms with Crippen molar-refractivity contribution in [2.45, 2.75) is 12.5 Å². The van der Waals surface area contributed by atoms with Crippen molar-refractivity contribution >= 4 is 12.3 Å². The molecular formula is C4H6N2O4. The summed E-state index contributed by atoms with van der Waals surface area (Å²) in [6, 6.07) is -1.02. The number of carboxylic acids is 1. The van der Waals surface area contributed by atoms with Crippen LogP contribution in [0, 0.1) is 4.91 Å². The third-order valence-corrected chi connectivity index (χ3v) is 0.777. The smallest absolute Gasteiger partial charge is 0.305 e. The minimum atomic E-state index is -1.16. The fourth-order valence-electron chi connectivity index (χ4n) is 0.380. The molecule has 0 aromatic rings. The molecule has 0 saturated heterocycles. The van der Waals surface area contributed by atoms with Crippen LogP contribution >= 0.6 is 0 Å². The topological polar surface area (TPSA) is 95.8 Å². The van der Waals surface area contributed by atoms with E-state index in [9.17, 15) is 14.5 Å². The number of hydrogen-bond acceptors (Lipinski definition) is 4. The minimum absolute atomic E-state index is 0.315. The van der Waals surface area contributed by atoms with E-state index in [-0.39, 0.29) is 0 Å². The van der Waals surface area contributed by atoms with Gasteiger partial charge in [-0.1, -0.05) is 0 Å². The van der Waals surface area contributed by atoms with E-state index in [1.54, 1.807) is 5.43 Å². The van der Waals surface area contributed by atoms with Crippen LogP contribution in [0.25, 0.3) is 0 Å². The van der Waals surface area contributed by atoms with Crippen LogP contribution in [0.3, 0.4) is 0 Å². The number of nitroso groups, excluding NO2 is 1. The summed E-state index contributed by atoms with van der Waals surface area (Å²) in [6.07, 6.45) is -0.120. The third kappa shape index (κ3) is 3.53. The van der Waals surface area contributed by atoms with Gasteiger partial charge in [0, 0.05) is 0 Å². The molecule has 56 valence electrons. The molecule has 6 nitrogen and oxygen atoms in total. The van der Waals surface area contributed by atoms with Crippen molar-refractivity contribution in [2.24, 2.45) is 5.29 Å². The van der Waals surface area contributed by atoms with E-state index in [1.165, 1.54) is 0 Å². The Kier molecular flexibility index (Phi) is 3.78. The molecule has 0 amide bonds. The normalized spacial score (nSPS) is 11.6. The number of carboxylic acid groups (broad SMARTS) is 1. The zero-order valence-electron chi connectivity index (χ0n) is 4.98. The van der Waals surface area contributed by atoms with Crippen LogP contribution in [-0.2, 0) is 9.59 Å². The van der Waals surface area contributed by atoms with Gasteiger partial charge in [-0.25, -0.2) is 0 Å². The number of aliphatic carboxylic acids is 1. The van der Waals surface area contributed by atoms with Gasteiger partial charge in [0.2, 0.25) is 0 Å². The van der Waals surface area contributed by atoms with Gasteiger partial charge in [-0.2, -0.15) is 0 Å². The maximum absolute atomic E-state index is 9.91. The summed E-state index contributed by atoms with van der Waals surface area (Å²) in [6.45, 7) is 0. The van der Waals surface area contributed by atoms with Crippen molar-refractivity contribution in [1.82, 2.24) is 5.43 Å². The average Bonchev–Trinajstić information content (AvgIpc) is 1.86. The van der Waals surface area contributed by atoms with E-state index in [1.807, 2.05) is 0 Å². The SMILES string of the molecule is O=C[C@H](CC(=O)O)NN=O. The highest BCUT2D eigenvalue weighted by atomic mass is 16.4. The molecule has 0 heterocycles. The lowest BCUT2D eigenvalue weighted by Crippen LogP contribution is -2.28. The lowest BCUT2D eigenvalue weighted by atomic mass is 10.2. The van der Waals surface area contributed by atoms with Gasteiger partial charge in [0.1, 0.15) is 12.3 Å². The van der Waals surface area contributed by atoms with Crippen molar-refractivity contribution in [3.63, 3.8) is 0 Å². The van der Waals surface area contributed by atoms with E-state index in [2.05, 4.69) is 5.29 Å². The van der Waals surface area contributed by atoms with Crippen molar-refractivity contribution in [3.05, 3.63) is 4.91 Å². The minimum Gasteiger partial charge on any atom is -0.481 e. The van der Waals surface area contributed by atoms with Crippen molar-refractivity contribution < 1.29 is 14.7 Å². The van der Waals surface area contributed by atoms with Gasteiger partial charge in [0.15, 0.2) is 0 Å². The molecule has 0 saturated carbocycles. The molecule has 2 N–H and O–H groups in total. The lowest BCUT2D eigenvalue weighted by molar-refractivity contribution is -0.138. The number of rotatable bonds is 5. The van der Waals surface area contributed by atoms with Gasteiger partial charge in [0.05, 0.1) is 11.7 Å². The zero-order valence-corrected chi connectivity index (χ0v) is 4.98. The molecule has 0 unspecified atom stereocenters. The van der Waals surface area contributed by atoms with Gasteiger partial charge >= 0.3 is 5.97 Å². The second-order valence-corrected chi connectivity index (χ2v) is 1.56. The highest BCUT2D eigenvalue weighted by Crippen LogP contribution is 1.86. The summed E-state index contributed by atoms with van der Waals surface area (Å²) >= 11 is 0. The fraction of sp³-hybridized carbons (Fsp3) is 0.500. The van der Waals surface area contributed by atoms with Crippen LogP contribution in [0.1, 0.15) is 6.42 Å². The molecule has 0 rings (SSSR count). The Labute approximate surface area is 56.2 Å². The number of aldehydes is 1. The van der Waals surface area contributed by atoms with Crippen LogP contribution in [0.15, 0.2) is 5.29 Å². The largest absolute Gasteiger partial charge is 0.481 e. The van der Waals surface area contributed by atoms with Gasteiger partial charge in [0.25, 0.3) is 0 Å². The van der Waals surface area contributed by atoms with E-state index in [4.69, 9.17) is 5.11 Å². The molecule has 6 heteroatoms. The predicted molar refractivity (Wildman–Crippen MR) is 31.0 cm³/mol. The summed E-state index contributed by atoms with van der Waals surface area (Å²) in [7, 11) is 0. The second kappa shape index (κ2) is 4.42. The maximum Gasteiger partial charge on any atom is 0.305 e. The number of nitrogens with one attached hydrogen (secondary N) is 1. The molecule has 0 aliphatic heterocycles. The Bertz CT molecular complexity index is 146. The quantitative estimate of drug-likeness (QED) is 0.303. The molecule has 0 aromatic heterocycles. The molecular weight excluding hydrogens is 140 g/mol. The lowest BCUT2D eigenvalue weighted by Gasteiger charge is -2.01. The molecule has 0 aliphatic carbocycles. The molecule has 0 spiro atoms. The zero-order chi connectivity index (χ0) is 7.98. The van der Waals surface area contributed by atoms with E-state index in [0.29, 0.717) is 6.29 Å². The second-order valence-electron chi connectivity index (χ2n) is 1.56. The van der Waals surface area contributed by atoms with Gasteiger partial charge in [-0.05, 0) is 0 Å². The van der Waals surface area contributed by atoms with Crippen LogP contribution in [0.5, 0.6) is 0 Å². The number of carbonyl (C=O) groups excluding carboxylic acids is 1. The summed E-state index contributed by atoms with van der Waals surface area (Å²) in [4.78, 5) is 29.2. The first-order chi connectivity index (χ1) is 4.70. The predicted octanol–water partition coefficient (Wildman–Crippen LogP) is -0.700. The average molecular weight is 146 g/mol. The first-order valence-electron chi connectivity index (χ1n) is 2.45. The van der Waals surface area contributed by atoms with Crippen molar-refractivity contribution in [2.75, 3.05) is 0 Å². The highest BCUT2D eigenvalue weighted by molar-refractivity contribution is 5.73. The highest BCUT2D eigenvalue weighted by Gasteiger charge is 2.10. The maximum atomic E-state index is 9.91. The molecule has 0 bridgehead atoms. The van der Waals surface area contributed by atoms with E-state index in [0.717, 1.165) is 0 Å². The summed E-state index contributed by atoms with van der Waals surface area (Å²) in [5, 5.41) is 10.3. The molecule has 0 aliphatic rings. The molecule has 10 heavy (non-hydrogen) atoms. The standard InChI is InChI=1S/C4H6N2O4/c7-2-3(5-6-10)1-4(8)9/h2-3H,1H2,(H,5,10)(H,8,9)/t3-/m0/s1. The summed E-state index contributed by atoms with van der Waals surface area (Å²) in [5.74, 6) is -1.16. The Balaban J connectivity index is 3.70. The molecule has 0 radical (unpaired) electrons. The Morgan fingerprint density at radius 2 is 2.40 bits per heavy atom. The number of nitrogens with zero attached hydrogens (tertiary/aromatic N) is 1. The summed E-state index contributed by atoms with van der Waals surface area (Å²) in [5.41, 5.74) is 1.78. The van der Waals surface area contributed by atoms with Crippen LogP contribution in [0.4, 0.5) is 0 Å². The first-order valence-corrected chi connectivity index (χ1v) is 2.45. The van der Waals surface area contributed by atoms with E-state index >= 15 is 0 Å². The Morgan fingerprint density at radius 3 is 2.70 bits per heavy atom. The third-order valence-electron chi connectivity index (χ3n) is 0.777. The molecule has 0 fully saturated rings. The monoisotopic (exact) mass is 146 g/mol. The molecule has 0 aromatic carbocycles. The van der Waals surface area contributed by atoms with Crippen molar-refractivity contribution in [1.29, 1.82) is 0 Å². The first kappa shape index (κ1) is 8.54. The Morgan fingerprint density at radius 1 is 1.80 bits per heavy atom. The molecule has 1 atom stereocenters. The van der Waals surface area contributed by atoms with Crippen LogP contribution < -0.4 is 5.43 Å². The Hall–Kier alpha value is -1.46. The van der Waals surface area contributed by atoms with Gasteiger partial charge < -0.3 is 9.90 Å². The summed E-state index contributed by atoms with van der Waals surface area (Å²) < 4.78 is 0. The number of carbonyl (C=O) groups is 2. The number of hydrogen-bond donors (Lipinski definition) is 2. The van der Waals surface area contributed by atoms with Crippen LogP contribution in [-0.4, -0.2) is 23.4 Å². The fourth-order valence-corrected chi connectivity index (χ4v) is 0.380.